The highest BCUT2D eigenvalue weighted by Crippen LogP contribution is 2.39. The minimum atomic E-state index is 0.688. The van der Waals surface area contributed by atoms with Gasteiger partial charge in [-0.1, -0.05) is 206 Å². The summed E-state index contributed by atoms with van der Waals surface area (Å²) >= 11 is 0. The van der Waals surface area contributed by atoms with Gasteiger partial charge in [0, 0.05) is 22.2 Å². The quantitative estimate of drug-likeness (QED) is 0.154. The maximum atomic E-state index is 5.47. The monoisotopic (exact) mass is 777 g/mol. The van der Waals surface area contributed by atoms with Crippen molar-refractivity contribution in [2.75, 3.05) is 0 Å². The number of hydrogen-bond acceptors (Lipinski definition) is 2. The zero-order chi connectivity index (χ0) is 40.5. The van der Waals surface area contributed by atoms with E-state index < -0.39 is 0 Å². The van der Waals surface area contributed by atoms with E-state index >= 15 is 0 Å². The fraction of sp³-hybridized carbons (Fsp3) is 0. The Morgan fingerprint density at radius 1 is 0.279 bits per heavy atom. The number of para-hydroxylation sites is 2. The van der Waals surface area contributed by atoms with Crippen LogP contribution in [0.15, 0.2) is 237 Å². The normalized spacial score (nSPS) is 11.3. The Bertz CT molecular complexity index is 3300. The first kappa shape index (κ1) is 36.0. The van der Waals surface area contributed by atoms with Crippen LogP contribution < -0.4 is 0 Å². The summed E-state index contributed by atoms with van der Waals surface area (Å²) in [6.45, 7) is 0. The molecule has 0 bridgehead atoms. The lowest BCUT2D eigenvalue weighted by Gasteiger charge is -2.13. The molecular weight excluding hydrogens is 739 g/mol. The molecule has 0 aliphatic heterocycles. The van der Waals surface area contributed by atoms with E-state index in [1.165, 1.54) is 38.9 Å². The average Bonchev–Trinajstić information content (AvgIpc) is 3.69. The van der Waals surface area contributed by atoms with Crippen molar-refractivity contribution in [2.45, 2.75) is 0 Å². The molecule has 3 heteroatoms. The minimum Gasteiger partial charge on any atom is -0.306 e. The highest BCUT2D eigenvalue weighted by Gasteiger charge is 2.21. The summed E-state index contributed by atoms with van der Waals surface area (Å²) in [6.07, 6.45) is 0. The predicted molar refractivity (Wildman–Crippen MR) is 254 cm³/mol. The van der Waals surface area contributed by atoms with Gasteiger partial charge in [0.15, 0.2) is 5.82 Å². The van der Waals surface area contributed by atoms with Crippen molar-refractivity contribution in [1.29, 1.82) is 0 Å². The summed E-state index contributed by atoms with van der Waals surface area (Å²) in [5.41, 5.74) is 18.7. The first-order valence-electron chi connectivity index (χ1n) is 20.7. The molecule has 0 aliphatic carbocycles. The molecule has 2 aromatic heterocycles. The summed E-state index contributed by atoms with van der Waals surface area (Å²) < 4.78 is 2.31. The molecule has 0 unspecified atom stereocenters. The van der Waals surface area contributed by atoms with Gasteiger partial charge in [-0.25, -0.2) is 9.97 Å². The lowest BCUT2D eigenvalue weighted by molar-refractivity contribution is 1.15. The number of rotatable bonds is 8. The lowest BCUT2D eigenvalue weighted by atomic mass is 9.96. The fourth-order valence-electron chi connectivity index (χ4n) is 8.53. The minimum absolute atomic E-state index is 0.688. The number of nitrogens with zero attached hydrogens (tertiary/aromatic N) is 3. The standard InChI is InChI=1S/C58H39N3/c1-4-14-40(15-5-1)42-26-28-44(29-27-42)45-34-36-47(37-35-45)55-57-56(53-24-10-11-25-54(53)61(57)52-22-8-3-9-23-52)60-58(59-55)51-21-13-20-50(39-51)49-19-12-18-48(38-49)46-32-30-43(31-33-46)41-16-6-2-7-17-41/h1-39H. The van der Waals surface area contributed by atoms with E-state index in [2.05, 4.69) is 241 Å². The fourth-order valence-corrected chi connectivity index (χ4v) is 8.53. The van der Waals surface area contributed by atoms with E-state index in [9.17, 15) is 0 Å². The van der Waals surface area contributed by atoms with Crippen LogP contribution in [-0.2, 0) is 0 Å². The second kappa shape index (κ2) is 15.6. The summed E-state index contributed by atoms with van der Waals surface area (Å²) in [4.78, 5) is 10.9. The Hall–Kier alpha value is -8.14. The maximum Gasteiger partial charge on any atom is 0.160 e. The van der Waals surface area contributed by atoms with Gasteiger partial charge in [-0.05, 0) is 86.0 Å². The van der Waals surface area contributed by atoms with Crippen LogP contribution in [0.4, 0.5) is 0 Å². The molecule has 0 fully saturated rings. The number of hydrogen-bond donors (Lipinski definition) is 0. The molecular formula is C58H39N3. The van der Waals surface area contributed by atoms with Crippen molar-refractivity contribution in [3.05, 3.63) is 237 Å². The van der Waals surface area contributed by atoms with Gasteiger partial charge in [0.05, 0.1) is 16.7 Å². The second-order valence-electron chi connectivity index (χ2n) is 15.4. The van der Waals surface area contributed by atoms with Gasteiger partial charge in [-0.2, -0.15) is 0 Å². The zero-order valence-electron chi connectivity index (χ0n) is 33.4. The van der Waals surface area contributed by atoms with Gasteiger partial charge < -0.3 is 4.57 Å². The first-order chi connectivity index (χ1) is 30.2. The van der Waals surface area contributed by atoms with E-state index in [-0.39, 0.29) is 0 Å². The highest BCUT2D eigenvalue weighted by molar-refractivity contribution is 6.11. The van der Waals surface area contributed by atoms with Crippen LogP contribution in [0.2, 0.25) is 0 Å². The maximum absolute atomic E-state index is 5.47. The van der Waals surface area contributed by atoms with Crippen LogP contribution in [0, 0.1) is 0 Å². The van der Waals surface area contributed by atoms with Crippen LogP contribution in [0.25, 0.3) is 106 Å². The topological polar surface area (TPSA) is 30.7 Å². The van der Waals surface area contributed by atoms with Gasteiger partial charge in [-0.15, -0.1) is 0 Å². The summed E-state index contributed by atoms with van der Waals surface area (Å²) in [5.74, 6) is 0.688. The molecule has 3 nitrogen and oxygen atoms in total. The first-order valence-corrected chi connectivity index (χ1v) is 20.7. The molecule has 9 aromatic carbocycles. The molecule has 0 atom stereocenters. The Balaban J connectivity index is 1.01. The molecule has 0 saturated carbocycles. The highest BCUT2D eigenvalue weighted by atomic mass is 15.0. The molecule has 286 valence electrons. The van der Waals surface area contributed by atoms with Gasteiger partial charge in [0.1, 0.15) is 5.52 Å². The Labute approximate surface area is 355 Å². The zero-order valence-corrected chi connectivity index (χ0v) is 33.4. The van der Waals surface area contributed by atoms with Gasteiger partial charge in [0.2, 0.25) is 0 Å². The van der Waals surface area contributed by atoms with E-state index in [1.54, 1.807) is 0 Å². The van der Waals surface area contributed by atoms with Crippen molar-refractivity contribution in [2.24, 2.45) is 0 Å². The number of benzene rings is 9. The van der Waals surface area contributed by atoms with Crippen LogP contribution in [0.3, 0.4) is 0 Å². The molecule has 2 heterocycles. The second-order valence-corrected chi connectivity index (χ2v) is 15.4. The summed E-state index contributed by atoms with van der Waals surface area (Å²) in [7, 11) is 0. The molecule has 11 rings (SSSR count). The van der Waals surface area contributed by atoms with Crippen molar-refractivity contribution < 1.29 is 0 Å². The lowest BCUT2D eigenvalue weighted by Crippen LogP contribution is -2.00. The van der Waals surface area contributed by atoms with Crippen LogP contribution in [-0.4, -0.2) is 14.5 Å². The number of fused-ring (bicyclic) bond motifs is 3. The van der Waals surface area contributed by atoms with E-state index in [0.29, 0.717) is 5.82 Å². The molecule has 0 saturated heterocycles. The summed E-state index contributed by atoms with van der Waals surface area (Å²) in [6, 6.07) is 84.0. The van der Waals surface area contributed by atoms with E-state index in [1.807, 2.05) is 0 Å². The average molecular weight is 778 g/mol. The SMILES string of the molecule is c1ccc(-c2ccc(-c3ccc(-c4nc(-c5cccc(-c6cccc(-c7ccc(-c8ccccc8)cc7)c6)c5)nc5c6ccccc6n(-c6ccccc6)c45)cc3)cc2)cc1. The largest absolute Gasteiger partial charge is 0.306 e. The third-order valence-corrected chi connectivity index (χ3v) is 11.6. The van der Waals surface area contributed by atoms with Crippen LogP contribution in [0.5, 0.6) is 0 Å². The van der Waals surface area contributed by atoms with Gasteiger partial charge >= 0.3 is 0 Å². The molecule has 0 spiro atoms. The van der Waals surface area contributed by atoms with Crippen molar-refractivity contribution in [3.63, 3.8) is 0 Å². The van der Waals surface area contributed by atoms with E-state index in [0.717, 1.165) is 61.1 Å². The number of aromatic nitrogens is 3. The van der Waals surface area contributed by atoms with Crippen LogP contribution >= 0.6 is 0 Å². The van der Waals surface area contributed by atoms with Crippen LogP contribution in [0.1, 0.15) is 0 Å². The third kappa shape index (κ3) is 6.88. The molecule has 0 amide bonds. The van der Waals surface area contributed by atoms with Crippen molar-refractivity contribution in [1.82, 2.24) is 14.5 Å². The van der Waals surface area contributed by atoms with E-state index in [4.69, 9.17) is 9.97 Å². The Morgan fingerprint density at radius 2 is 0.656 bits per heavy atom. The molecule has 61 heavy (non-hydrogen) atoms. The molecule has 0 N–H and O–H groups in total. The Morgan fingerprint density at radius 3 is 1.20 bits per heavy atom. The molecule has 0 aliphatic rings. The van der Waals surface area contributed by atoms with Gasteiger partial charge in [-0.3, -0.25) is 0 Å². The van der Waals surface area contributed by atoms with Gasteiger partial charge in [0.25, 0.3) is 0 Å². The van der Waals surface area contributed by atoms with Crippen molar-refractivity contribution >= 4 is 21.9 Å². The smallest absolute Gasteiger partial charge is 0.160 e. The predicted octanol–water partition coefficient (Wildman–Crippen LogP) is 15.2. The summed E-state index contributed by atoms with van der Waals surface area (Å²) in [5, 5.41) is 1.09. The third-order valence-electron chi connectivity index (χ3n) is 11.6. The molecule has 0 radical (unpaired) electrons. The van der Waals surface area contributed by atoms with Crippen molar-refractivity contribution in [3.8, 4) is 84.0 Å². The Kier molecular flexibility index (Phi) is 9.18. The molecule has 11 aromatic rings.